The van der Waals surface area contributed by atoms with Crippen LogP contribution < -0.4 is 20.3 Å². The fourth-order valence-electron chi connectivity index (χ4n) is 4.18. The van der Waals surface area contributed by atoms with Gasteiger partial charge in [-0.3, -0.25) is 10.3 Å². The Labute approximate surface area is 174 Å². The van der Waals surface area contributed by atoms with Gasteiger partial charge in [0.1, 0.15) is 17.4 Å². The molecule has 3 aromatic rings. The Hall–Kier alpha value is -3.39. The second-order valence-corrected chi connectivity index (χ2v) is 7.66. The minimum Gasteiger partial charge on any atom is -0.497 e. The summed E-state index contributed by atoms with van der Waals surface area (Å²) in [5.41, 5.74) is 1.42. The molecule has 2 atom stereocenters. The van der Waals surface area contributed by atoms with Crippen molar-refractivity contribution >= 4 is 34.3 Å². The molecular formula is C22H23N5O3. The number of fused-ring (bicyclic) bond motifs is 2. The van der Waals surface area contributed by atoms with Crippen molar-refractivity contribution in [2.75, 3.05) is 48.9 Å². The first-order valence-corrected chi connectivity index (χ1v) is 10.00. The van der Waals surface area contributed by atoms with Crippen molar-refractivity contribution < 1.29 is 14.3 Å². The molecule has 2 amide bonds. The molecule has 2 aliphatic rings. The van der Waals surface area contributed by atoms with Gasteiger partial charge in [0.15, 0.2) is 0 Å². The highest BCUT2D eigenvalue weighted by Gasteiger charge is 2.37. The number of pyridine rings is 2. The second kappa shape index (κ2) is 7.79. The van der Waals surface area contributed by atoms with Gasteiger partial charge in [-0.1, -0.05) is 6.07 Å². The summed E-state index contributed by atoms with van der Waals surface area (Å²) in [7, 11) is 1.61. The maximum Gasteiger partial charge on any atom is 0.324 e. The van der Waals surface area contributed by atoms with E-state index in [-0.39, 0.29) is 6.03 Å². The summed E-state index contributed by atoms with van der Waals surface area (Å²) in [5.74, 6) is 3.26. The molecule has 2 saturated heterocycles. The summed E-state index contributed by atoms with van der Waals surface area (Å²) in [5, 5.41) is 6.56. The molecule has 154 valence electrons. The largest absolute Gasteiger partial charge is 0.497 e. The van der Waals surface area contributed by atoms with Gasteiger partial charge in [-0.15, -0.1) is 0 Å². The first-order chi connectivity index (χ1) is 14.7. The fraction of sp³-hybridized carbons (Fsp3) is 0.318. The lowest BCUT2D eigenvalue weighted by Gasteiger charge is -2.19. The van der Waals surface area contributed by atoms with E-state index in [4.69, 9.17) is 9.47 Å². The normalized spacial score (nSPS) is 20.2. The number of ether oxygens (including phenoxy) is 2. The van der Waals surface area contributed by atoms with Gasteiger partial charge >= 0.3 is 6.03 Å². The molecule has 0 aliphatic carbocycles. The number of carbonyl (C=O) groups is 1. The zero-order valence-electron chi connectivity index (χ0n) is 16.7. The molecule has 2 aromatic heterocycles. The van der Waals surface area contributed by atoms with Crippen LogP contribution >= 0.6 is 0 Å². The van der Waals surface area contributed by atoms with Crippen LogP contribution in [0, 0.1) is 11.8 Å². The Morgan fingerprint density at radius 2 is 1.97 bits per heavy atom. The topological polar surface area (TPSA) is 88.6 Å². The van der Waals surface area contributed by atoms with Gasteiger partial charge in [-0.25, -0.2) is 9.78 Å². The molecule has 4 heterocycles. The Bertz CT molecular complexity index is 1080. The summed E-state index contributed by atoms with van der Waals surface area (Å²) >= 11 is 0. The van der Waals surface area contributed by atoms with Crippen LogP contribution in [-0.2, 0) is 4.74 Å². The van der Waals surface area contributed by atoms with Gasteiger partial charge in [0.2, 0.25) is 0 Å². The predicted molar refractivity (Wildman–Crippen MR) is 115 cm³/mol. The molecule has 1 aromatic carbocycles. The number of nitrogens with one attached hydrogen (secondary N) is 2. The van der Waals surface area contributed by atoms with Crippen molar-refractivity contribution in [3.8, 4) is 5.75 Å². The molecule has 30 heavy (non-hydrogen) atoms. The molecule has 2 aliphatic heterocycles. The van der Waals surface area contributed by atoms with Crippen LogP contribution in [0.2, 0.25) is 0 Å². The van der Waals surface area contributed by atoms with Crippen LogP contribution in [0.4, 0.5) is 22.1 Å². The predicted octanol–water partition coefficient (Wildman–Crippen LogP) is 3.37. The van der Waals surface area contributed by atoms with E-state index in [1.807, 2.05) is 30.3 Å². The smallest absolute Gasteiger partial charge is 0.324 e. The number of methoxy groups -OCH3 is 1. The van der Waals surface area contributed by atoms with Crippen LogP contribution in [0.5, 0.6) is 5.75 Å². The number of urea groups is 1. The number of anilines is 3. The third-order valence-electron chi connectivity index (χ3n) is 5.74. The third kappa shape index (κ3) is 3.61. The van der Waals surface area contributed by atoms with Gasteiger partial charge in [0.05, 0.1) is 31.5 Å². The lowest BCUT2D eigenvalue weighted by Crippen LogP contribution is -2.24. The van der Waals surface area contributed by atoms with E-state index in [1.54, 1.807) is 25.4 Å². The number of amides is 2. The van der Waals surface area contributed by atoms with Crippen LogP contribution in [0.1, 0.15) is 0 Å². The van der Waals surface area contributed by atoms with E-state index in [1.165, 1.54) is 0 Å². The van der Waals surface area contributed by atoms with Crippen molar-refractivity contribution in [2.45, 2.75) is 0 Å². The SMILES string of the molecule is COc1ccc2c(NC(=O)Nc3cccc(N4CC5COCC5C4)n3)ccnc2c1. The molecule has 0 bridgehead atoms. The van der Waals surface area contributed by atoms with E-state index in [9.17, 15) is 4.79 Å². The number of aromatic nitrogens is 2. The summed E-state index contributed by atoms with van der Waals surface area (Å²) in [6.45, 7) is 3.54. The van der Waals surface area contributed by atoms with Crippen molar-refractivity contribution in [2.24, 2.45) is 11.8 Å². The quantitative estimate of drug-likeness (QED) is 0.692. The Kier molecular flexibility index (Phi) is 4.84. The molecule has 2 fully saturated rings. The number of benzene rings is 1. The Morgan fingerprint density at radius 3 is 2.77 bits per heavy atom. The third-order valence-corrected chi connectivity index (χ3v) is 5.74. The van der Waals surface area contributed by atoms with E-state index in [0.717, 1.165) is 48.8 Å². The number of hydrogen-bond donors (Lipinski definition) is 2. The molecule has 2 N–H and O–H groups in total. The highest BCUT2D eigenvalue weighted by Crippen LogP contribution is 2.32. The summed E-state index contributed by atoms with van der Waals surface area (Å²) < 4.78 is 10.8. The lowest BCUT2D eigenvalue weighted by molar-refractivity contribution is 0.177. The first-order valence-electron chi connectivity index (χ1n) is 10.00. The van der Waals surface area contributed by atoms with E-state index in [0.29, 0.717) is 23.3 Å². The number of nitrogens with zero attached hydrogens (tertiary/aromatic N) is 3. The van der Waals surface area contributed by atoms with Gasteiger partial charge < -0.3 is 19.7 Å². The number of rotatable bonds is 4. The minimum atomic E-state index is -0.352. The number of hydrogen-bond acceptors (Lipinski definition) is 6. The maximum absolute atomic E-state index is 12.6. The van der Waals surface area contributed by atoms with Crippen molar-refractivity contribution in [1.29, 1.82) is 0 Å². The van der Waals surface area contributed by atoms with E-state index < -0.39 is 0 Å². The highest BCUT2D eigenvalue weighted by atomic mass is 16.5. The molecule has 2 unspecified atom stereocenters. The molecule has 0 saturated carbocycles. The summed E-state index contributed by atoms with van der Waals surface area (Å²) in [4.78, 5) is 23.8. The fourth-order valence-corrected chi connectivity index (χ4v) is 4.18. The minimum absolute atomic E-state index is 0.352. The van der Waals surface area contributed by atoms with E-state index >= 15 is 0 Å². The summed E-state index contributed by atoms with van der Waals surface area (Å²) in [6.07, 6.45) is 1.66. The summed E-state index contributed by atoms with van der Waals surface area (Å²) in [6, 6.07) is 12.7. The highest BCUT2D eigenvalue weighted by molar-refractivity contribution is 6.05. The van der Waals surface area contributed by atoms with Crippen LogP contribution in [-0.4, -0.2) is 49.4 Å². The second-order valence-electron chi connectivity index (χ2n) is 7.66. The molecule has 0 spiro atoms. The average molecular weight is 405 g/mol. The molecular weight excluding hydrogens is 382 g/mol. The zero-order chi connectivity index (χ0) is 20.5. The molecule has 8 heteroatoms. The van der Waals surface area contributed by atoms with Gasteiger partial charge in [0, 0.05) is 42.6 Å². The Morgan fingerprint density at radius 1 is 1.13 bits per heavy atom. The van der Waals surface area contributed by atoms with Gasteiger partial charge in [0.25, 0.3) is 0 Å². The van der Waals surface area contributed by atoms with Crippen LogP contribution in [0.3, 0.4) is 0 Å². The van der Waals surface area contributed by atoms with Crippen molar-refractivity contribution in [3.05, 3.63) is 48.7 Å². The van der Waals surface area contributed by atoms with Crippen molar-refractivity contribution in [1.82, 2.24) is 9.97 Å². The Balaban J connectivity index is 1.29. The molecule has 8 nitrogen and oxygen atoms in total. The first kappa shape index (κ1) is 18.6. The molecule has 0 radical (unpaired) electrons. The maximum atomic E-state index is 12.6. The van der Waals surface area contributed by atoms with Crippen molar-refractivity contribution in [3.63, 3.8) is 0 Å². The van der Waals surface area contributed by atoms with Crippen LogP contribution in [0.25, 0.3) is 10.9 Å². The van der Waals surface area contributed by atoms with Gasteiger partial charge in [-0.2, -0.15) is 0 Å². The zero-order valence-corrected chi connectivity index (χ0v) is 16.7. The molecule has 5 rings (SSSR count). The van der Waals surface area contributed by atoms with Crippen LogP contribution in [0.15, 0.2) is 48.7 Å². The van der Waals surface area contributed by atoms with E-state index in [2.05, 4.69) is 25.5 Å². The number of carbonyl (C=O) groups excluding carboxylic acids is 1. The standard InChI is InChI=1S/C22H23N5O3/c1-29-16-5-6-17-18(7-8-23-19(17)9-16)24-22(28)26-20-3-2-4-21(25-20)27-10-14-12-30-13-15(14)11-27/h2-9,14-15H,10-13H2,1H3,(H2,23,24,25,26,28). The monoisotopic (exact) mass is 405 g/mol. The lowest BCUT2D eigenvalue weighted by atomic mass is 10.0. The average Bonchev–Trinajstić information content (AvgIpc) is 3.36. The van der Waals surface area contributed by atoms with Gasteiger partial charge in [-0.05, 0) is 30.3 Å².